The normalized spacial score (nSPS) is 32.3. The van der Waals surface area contributed by atoms with E-state index in [4.69, 9.17) is 0 Å². The predicted octanol–water partition coefficient (Wildman–Crippen LogP) is 2.87. The summed E-state index contributed by atoms with van der Waals surface area (Å²) in [5.41, 5.74) is 0. The Hall–Kier alpha value is -0.380. The van der Waals surface area contributed by atoms with Crippen LogP contribution in [0.2, 0.25) is 0 Å². The Morgan fingerprint density at radius 3 is 2.47 bits per heavy atom. The maximum atomic E-state index is 4.33. The number of thioether (sulfide) groups is 1. The van der Waals surface area contributed by atoms with Gasteiger partial charge < -0.3 is 10.6 Å². The fraction of sp³-hybridized carbons (Fsp3) is 0.933. The van der Waals surface area contributed by atoms with Gasteiger partial charge in [0.2, 0.25) is 0 Å². The van der Waals surface area contributed by atoms with Gasteiger partial charge in [0, 0.05) is 25.4 Å². The summed E-state index contributed by atoms with van der Waals surface area (Å²) in [6.07, 6.45) is 8.29. The van der Waals surface area contributed by atoms with E-state index >= 15 is 0 Å². The van der Waals surface area contributed by atoms with E-state index in [2.05, 4.69) is 34.3 Å². The predicted molar refractivity (Wildman–Crippen MR) is 86.0 cm³/mol. The second-order valence-corrected chi connectivity index (χ2v) is 7.50. The molecule has 0 amide bonds. The molecule has 1 heterocycles. The van der Waals surface area contributed by atoms with Gasteiger partial charge in [-0.15, -0.1) is 0 Å². The molecule has 0 radical (unpaired) electrons. The van der Waals surface area contributed by atoms with Crippen LogP contribution in [0.25, 0.3) is 0 Å². The third kappa shape index (κ3) is 5.25. The molecule has 2 aliphatic rings. The molecule has 1 aliphatic heterocycles. The quantitative estimate of drug-likeness (QED) is 0.615. The van der Waals surface area contributed by atoms with Gasteiger partial charge in [-0.3, -0.25) is 4.99 Å². The number of guanidine groups is 1. The second kappa shape index (κ2) is 8.03. The highest BCUT2D eigenvalue weighted by Gasteiger charge is 2.19. The standard InChI is InChI=1S/C15H29N3S/c1-12-5-7-13(8-6-12)10-17-15(16-2)18-11-14-4-3-9-19-14/h12-14H,3-11H2,1-2H3,(H2,16,17,18). The molecule has 1 saturated carbocycles. The fourth-order valence-electron chi connectivity index (χ4n) is 3.01. The molecule has 0 aromatic heterocycles. The van der Waals surface area contributed by atoms with Gasteiger partial charge in [-0.2, -0.15) is 11.8 Å². The van der Waals surface area contributed by atoms with Crippen molar-refractivity contribution >= 4 is 17.7 Å². The van der Waals surface area contributed by atoms with Crippen molar-refractivity contribution < 1.29 is 0 Å². The highest BCUT2D eigenvalue weighted by atomic mass is 32.2. The minimum Gasteiger partial charge on any atom is -0.356 e. The smallest absolute Gasteiger partial charge is 0.191 e. The first-order chi connectivity index (χ1) is 9.28. The van der Waals surface area contributed by atoms with Crippen LogP contribution in [0.3, 0.4) is 0 Å². The largest absolute Gasteiger partial charge is 0.356 e. The summed E-state index contributed by atoms with van der Waals surface area (Å²) in [6, 6.07) is 0. The molecule has 19 heavy (non-hydrogen) atoms. The minimum atomic E-state index is 0.786. The first kappa shape index (κ1) is 15.0. The van der Waals surface area contributed by atoms with E-state index < -0.39 is 0 Å². The molecule has 4 heteroatoms. The van der Waals surface area contributed by atoms with Gasteiger partial charge in [0.25, 0.3) is 0 Å². The lowest BCUT2D eigenvalue weighted by Crippen LogP contribution is -2.42. The van der Waals surface area contributed by atoms with Crippen molar-refractivity contribution in [1.29, 1.82) is 0 Å². The van der Waals surface area contributed by atoms with Crippen LogP contribution in [0.5, 0.6) is 0 Å². The number of aliphatic imine (C=N–C) groups is 1. The number of rotatable bonds is 4. The molecule has 2 fully saturated rings. The summed E-state index contributed by atoms with van der Waals surface area (Å²) >= 11 is 2.10. The zero-order valence-corrected chi connectivity index (χ0v) is 13.3. The van der Waals surface area contributed by atoms with E-state index in [0.717, 1.165) is 36.1 Å². The number of nitrogens with one attached hydrogen (secondary N) is 2. The maximum Gasteiger partial charge on any atom is 0.191 e. The van der Waals surface area contributed by atoms with E-state index in [1.165, 1.54) is 44.3 Å². The first-order valence-electron chi connectivity index (χ1n) is 7.84. The van der Waals surface area contributed by atoms with Crippen LogP contribution in [-0.4, -0.2) is 37.1 Å². The molecule has 0 aromatic carbocycles. The zero-order chi connectivity index (χ0) is 13.5. The lowest BCUT2D eigenvalue weighted by Gasteiger charge is -2.27. The van der Waals surface area contributed by atoms with E-state index in [-0.39, 0.29) is 0 Å². The Kier molecular flexibility index (Phi) is 6.35. The Morgan fingerprint density at radius 1 is 1.11 bits per heavy atom. The molecular weight excluding hydrogens is 254 g/mol. The van der Waals surface area contributed by atoms with Gasteiger partial charge in [-0.1, -0.05) is 19.8 Å². The molecular formula is C15H29N3S. The topological polar surface area (TPSA) is 36.4 Å². The van der Waals surface area contributed by atoms with Crippen molar-refractivity contribution in [2.45, 2.75) is 50.7 Å². The summed E-state index contributed by atoms with van der Waals surface area (Å²) < 4.78 is 0. The van der Waals surface area contributed by atoms with Crippen molar-refractivity contribution in [1.82, 2.24) is 10.6 Å². The highest BCUT2D eigenvalue weighted by Crippen LogP contribution is 2.27. The molecule has 0 aromatic rings. The Morgan fingerprint density at radius 2 is 1.84 bits per heavy atom. The van der Waals surface area contributed by atoms with Gasteiger partial charge in [-0.05, 0) is 43.3 Å². The Balaban J connectivity index is 1.62. The van der Waals surface area contributed by atoms with E-state index in [0.29, 0.717) is 0 Å². The SMILES string of the molecule is CN=C(NCC1CCC(C)CC1)NCC1CCCS1. The molecule has 110 valence electrons. The van der Waals surface area contributed by atoms with Crippen LogP contribution in [0.15, 0.2) is 4.99 Å². The molecule has 2 N–H and O–H groups in total. The zero-order valence-electron chi connectivity index (χ0n) is 12.5. The van der Waals surface area contributed by atoms with Gasteiger partial charge in [0.05, 0.1) is 0 Å². The average Bonchev–Trinajstić information content (AvgIpc) is 2.94. The highest BCUT2D eigenvalue weighted by molar-refractivity contribution is 8.00. The molecule has 0 spiro atoms. The van der Waals surface area contributed by atoms with Crippen molar-refractivity contribution in [3.05, 3.63) is 0 Å². The molecule has 0 bridgehead atoms. The number of hydrogen-bond donors (Lipinski definition) is 2. The number of nitrogens with zero attached hydrogens (tertiary/aromatic N) is 1. The van der Waals surface area contributed by atoms with Crippen LogP contribution in [-0.2, 0) is 0 Å². The lowest BCUT2D eigenvalue weighted by molar-refractivity contribution is 0.289. The maximum absolute atomic E-state index is 4.33. The van der Waals surface area contributed by atoms with Crippen LogP contribution in [0.1, 0.15) is 45.4 Å². The van der Waals surface area contributed by atoms with Gasteiger partial charge in [-0.25, -0.2) is 0 Å². The second-order valence-electron chi connectivity index (χ2n) is 6.09. The van der Waals surface area contributed by atoms with Crippen molar-refractivity contribution in [3.8, 4) is 0 Å². The van der Waals surface area contributed by atoms with Crippen LogP contribution < -0.4 is 10.6 Å². The average molecular weight is 283 g/mol. The fourth-order valence-corrected chi connectivity index (χ4v) is 4.21. The molecule has 2 rings (SSSR count). The van der Waals surface area contributed by atoms with Gasteiger partial charge in [0.15, 0.2) is 5.96 Å². The Bertz CT molecular complexity index is 279. The Labute approximate surface area is 122 Å². The van der Waals surface area contributed by atoms with E-state index in [1.807, 2.05) is 7.05 Å². The first-order valence-corrected chi connectivity index (χ1v) is 8.89. The monoisotopic (exact) mass is 283 g/mol. The van der Waals surface area contributed by atoms with Crippen molar-refractivity contribution in [2.75, 3.05) is 25.9 Å². The third-order valence-corrected chi connectivity index (χ3v) is 5.84. The molecule has 1 aliphatic carbocycles. The summed E-state index contributed by atoms with van der Waals surface area (Å²) in [4.78, 5) is 4.33. The molecule has 1 saturated heterocycles. The molecule has 1 unspecified atom stereocenters. The summed E-state index contributed by atoms with van der Waals surface area (Å²) in [7, 11) is 1.88. The van der Waals surface area contributed by atoms with Gasteiger partial charge >= 0.3 is 0 Å². The molecule has 3 nitrogen and oxygen atoms in total. The summed E-state index contributed by atoms with van der Waals surface area (Å²) in [5.74, 6) is 4.10. The molecule has 1 atom stereocenters. The van der Waals surface area contributed by atoms with Gasteiger partial charge in [0.1, 0.15) is 0 Å². The van der Waals surface area contributed by atoms with Crippen LogP contribution >= 0.6 is 11.8 Å². The van der Waals surface area contributed by atoms with Crippen LogP contribution in [0, 0.1) is 11.8 Å². The van der Waals surface area contributed by atoms with E-state index in [9.17, 15) is 0 Å². The summed E-state index contributed by atoms with van der Waals surface area (Å²) in [5, 5.41) is 7.77. The number of hydrogen-bond acceptors (Lipinski definition) is 2. The third-order valence-electron chi connectivity index (χ3n) is 4.44. The lowest BCUT2D eigenvalue weighted by atomic mass is 9.83. The summed E-state index contributed by atoms with van der Waals surface area (Å²) in [6.45, 7) is 4.53. The minimum absolute atomic E-state index is 0.786. The van der Waals surface area contributed by atoms with Crippen molar-refractivity contribution in [2.24, 2.45) is 16.8 Å². The van der Waals surface area contributed by atoms with Crippen molar-refractivity contribution in [3.63, 3.8) is 0 Å². The van der Waals surface area contributed by atoms with Crippen LogP contribution in [0.4, 0.5) is 0 Å². The van der Waals surface area contributed by atoms with E-state index in [1.54, 1.807) is 0 Å².